The number of carbonyl (C=O) groups is 1. The van der Waals surface area contributed by atoms with E-state index < -0.39 is 5.60 Å². The molecule has 3 heterocycles. The second-order valence-electron chi connectivity index (χ2n) is 6.13. The number of hydrogen-bond donors (Lipinski definition) is 2. The predicted molar refractivity (Wildman–Crippen MR) is 84.7 cm³/mol. The van der Waals surface area contributed by atoms with Crippen LogP contribution in [0.4, 0.5) is 0 Å². The second kappa shape index (κ2) is 7.06. The summed E-state index contributed by atoms with van der Waals surface area (Å²) in [7, 11) is 0. The maximum atomic E-state index is 12.3. The van der Waals surface area contributed by atoms with Gasteiger partial charge >= 0.3 is 0 Å². The molecule has 0 saturated carbocycles. The van der Waals surface area contributed by atoms with Gasteiger partial charge in [0.1, 0.15) is 5.71 Å². The van der Waals surface area contributed by atoms with Crippen LogP contribution in [-0.2, 0) is 16.2 Å². The summed E-state index contributed by atoms with van der Waals surface area (Å²) in [6, 6.07) is 3.73. The van der Waals surface area contributed by atoms with E-state index in [1.54, 1.807) is 12.4 Å². The van der Waals surface area contributed by atoms with Crippen molar-refractivity contribution < 1.29 is 14.7 Å². The molecule has 0 aliphatic carbocycles. The van der Waals surface area contributed by atoms with Crippen LogP contribution in [0.2, 0.25) is 0 Å². The summed E-state index contributed by atoms with van der Waals surface area (Å²) in [4.78, 5) is 24.0. The van der Waals surface area contributed by atoms with Crippen LogP contribution in [0.5, 0.6) is 0 Å². The van der Waals surface area contributed by atoms with Crippen LogP contribution < -0.4 is 5.32 Å². The van der Waals surface area contributed by atoms with Gasteiger partial charge in [0.15, 0.2) is 5.60 Å². The van der Waals surface area contributed by atoms with Crippen LogP contribution in [0.15, 0.2) is 29.7 Å². The normalized spacial score (nSPS) is 24.3. The fourth-order valence-corrected chi connectivity index (χ4v) is 3.17. The molecule has 2 N–H and O–H groups in total. The van der Waals surface area contributed by atoms with Gasteiger partial charge in [0.05, 0.1) is 6.61 Å². The smallest absolute Gasteiger partial charge is 0.269 e. The molecule has 1 atom stereocenters. The summed E-state index contributed by atoms with van der Waals surface area (Å²) >= 11 is 0. The van der Waals surface area contributed by atoms with E-state index in [0.717, 1.165) is 24.9 Å². The lowest BCUT2D eigenvalue weighted by atomic mass is 9.88. The van der Waals surface area contributed by atoms with Crippen LogP contribution >= 0.6 is 0 Å². The minimum atomic E-state index is -0.406. The standard InChI is InChI=1S/C16H22N4O3/c21-9-8-20-7-1-4-16(12-20)10-14(19-23-16)15(22)18-11-13-2-5-17-6-3-13/h2-3,5-6,21H,1,4,7-12H2,(H,18,22)/t16-/m1/s1. The Balaban J connectivity index is 1.53. The van der Waals surface area contributed by atoms with Gasteiger partial charge in [-0.3, -0.25) is 14.7 Å². The van der Waals surface area contributed by atoms with Crippen LogP contribution in [0.3, 0.4) is 0 Å². The molecule has 1 spiro atoms. The average Bonchev–Trinajstić information content (AvgIpc) is 2.97. The number of aromatic nitrogens is 1. The van der Waals surface area contributed by atoms with Gasteiger partial charge in [-0.25, -0.2) is 0 Å². The van der Waals surface area contributed by atoms with Crippen molar-refractivity contribution in [1.29, 1.82) is 0 Å². The van der Waals surface area contributed by atoms with E-state index in [1.807, 2.05) is 12.1 Å². The number of aliphatic hydroxyl groups is 1. The van der Waals surface area contributed by atoms with Crippen molar-refractivity contribution >= 4 is 11.6 Å². The molecule has 7 nitrogen and oxygen atoms in total. The molecule has 1 aromatic heterocycles. The third-order valence-electron chi connectivity index (χ3n) is 4.34. The monoisotopic (exact) mass is 318 g/mol. The summed E-state index contributed by atoms with van der Waals surface area (Å²) in [5.41, 5.74) is 1.04. The molecule has 0 aromatic carbocycles. The van der Waals surface area contributed by atoms with Gasteiger partial charge in [-0.1, -0.05) is 5.16 Å². The first-order valence-corrected chi connectivity index (χ1v) is 7.96. The number of carbonyl (C=O) groups excluding carboxylic acids is 1. The Morgan fingerprint density at radius 2 is 2.26 bits per heavy atom. The van der Waals surface area contributed by atoms with Crippen molar-refractivity contribution in [1.82, 2.24) is 15.2 Å². The topological polar surface area (TPSA) is 87.0 Å². The summed E-state index contributed by atoms with van der Waals surface area (Å²) in [6.45, 7) is 2.88. The zero-order valence-electron chi connectivity index (χ0n) is 13.1. The van der Waals surface area contributed by atoms with Gasteiger partial charge in [0.25, 0.3) is 5.91 Å². The van der Waals surface area contributed by atoms with Gasteiger partial charge in [-0.15, -0.1) is 0 Å². The van der Waals surface area contributed by atoms with Crippen LogP contribution in [0.1, 0.15) is 24.8 Å². The number of pyridine rings is 1. The lowest BCUT2D eigenvalue weighted by Gasteiger charge is -2.37. The summed E-state index contributed by atoms with van der Waals surface area (Å²) < 4.78 is 0. The van der Waals surface area contributed by atoms with E-state index in [9.17, 15) is 4.79 Å². The van der Waals surface area contributed by atoms with E-state index in [0.29, 0.717) is 31.8 Å². The number of hydrogen-bond acceptors (Lipinski definition) is 6. The molecule has 2 aliphatic heterocycles. The Bertz CT molecular complexity index is 576. The molecule has 3 rings (SSSR count). The summed E-state index contributed by atoms with van der Waals surface area (Å²) in [5, 5.41) is 16.0. The zero-order chi connectivity index (χ0) is 16.1. The van der Waals surface area contributed by atoms with Crippen molar-refractivity contribution in [3.63, 3.8) is 0 Å². The molecule has 0 radical (unpaired) electrons. The van der Waals surface area contributed by atoms with E-state index in [4.69, 9.17) is 9.94 Å². The third-order valence-corrected chi connectivity index (χ3v) is 4.34. The molecule has 7 heteroatoms. The molecule has 1 amide bonds. The zero-order valence-corrected chi connectivity index (χ0v) is 13.1. The van der Waals surface area contributed by atoms with Gasteiger partial charge in [-0.05, 0) is 37.1 Å². The molecule has 1 fully saturated rings. The largest absolute Gasteiger partial charge is 0.395 e. The minimum absolute atomic E-state index is 0.135. The predicted octanol–water partition coefficient (Wildman–Crippen LogP) is 0.301. The number of likely N-dealkylation sites (tertiary alicyclic amines) is 1. The fourth-order valence-electron chi connectivity index (χ4n) is 3.17. The Labute approximate surface area is 135 Å². The van der Waals surface area contributed by atoms with Crippen LogP contribution in [-0.4, -0.2) is 58.5 Å². The lowest BCUT2D eigenvalue weighted by molar-refractivity contribution is -0.115. The highest BCUT2D eigenvalue weighted by atomic mass is 16.7. The summed E-state index contributed by atoms with van der Waals surface area (Å²) in [6.07, 6.45) is 5.80. The molecular weight excluding hydrogens is 296 g/mol. The number of nitrogens with zero attached hydrogens (tertiary/aromatic N) is 3. The molecule has 0 bridgehead atoms. The number of β-amino-alcohol motifs (C(OH)–C–C–N with tert-alkyl or cyclic N) is 1. The van der Waals surface area contributed by atoms with Crippen molar-refractivity contribution in [3.05, 3.63) is 30.1 Å². The molecular formula is C16H22N4O3. The number of nitrogens with one attached hydrogen (secondary N) is 1. The van der Waals surface area contributed by atoms with Crippen molar-refractivity contribution in [3.8, 4) is 0 Å². The fraction of sp³-hybridized carbons (Fsp3) is 0.562. The highest BCUT2D eigenvalue weighted by Gasteiger charge is 2.44. The van der Waals surface area contributed by atoms with Gasteiger partial charge in [0, 0.05) is 38.4 Å². The Kier molecular flexibility index (Phi) is 4.88. The van der Waals surface area contributed by atoms with Crippen molar-refractivity contribution in [2.75, 3.05) is 26.2 Å². The summed E-state index contributed by atoms with van der Waals surface area (Å²) in [5.74, 6) is -0.182. The highest BCUT2D eigenvalue weighted by Crippen LogP contribution is 2.33. The van der Waals surface area contributed by atoms with E-state index >= 15 is 0 Å². The minimum Gasteiger partial charge on any atom is -0.395 e. The maximum absolute atomic E-state index is 12.3. The SMILES string of the molecule is O=C(NCc1ccncc1)C1=NO[C@]2(CCCN(CCO)C2)C1. The first-order chi connectivity index (χ1) is 11.2. The number of aliphatic hydroxyl groups excluding tert-OH is 1. The van der Waals surface area contributed by atoms with E-state index in [1.165, 1.54) is 0 Å². The number of rotatable bonds is 5. The molecule has 1 saturated heterocycles. The Morgan fingerprint density at radius 1 is 1.43 bits per heavy atom. The number of piperidine rings is 1. The molecule has 0 unspecified atom stereocenters. The number of oxime groups is 1. The Morgan fingerprint density at radius 3 is 3.04 bits per heavy atom. The van der Waals surface area contributed by atoms with Crippen molar-refractivity contribution in [2.24, 2.45) is 5.16 Å². The third kappa shape index (κ3) is 3.86. The van der Waals surface area contributed by atoms with Crippen LogP contribution in [0, 0.1) is 0 Å². The van der Waals surface area contributed by atoms with Gasteiger partial charge < -0.3 is 15.3 Å². The molecule has 23 heavy (non-hydrogen) atoms. The average molecular weight is 318 g/mol. The first-order valence-electron chi connectivity index (χ1n) is 7.96. The van der Waals surface area contributed by atoms with Crippen LogP contribution in [0.25, 0.3) is 0 Å². The first kappa shape index (κ1) is 15.9. The quantitative estimate of drug-likeness (QED) is 0.815. The second-order valence-corrected chi connectivity index (χ2v) is 6.13. The van der Waals surface area contributed by atoms with E-state index in [2.05, 4.69) is 20.4 Å². The molecule has 1 aromatic rings. The van der Waals surface area contributed by atoms with Crippen molar-refractivity contribution in [2.45, 2.75) is 31.4 Å². The Hall–Kier alpha value is -1.99. The van der Waals surface area contributed by atoms with Gasteiger partial charge in [-0.2, -0.15) is 0 Å². The van der Waals surface area contributed by atoms with Gasteiger partial charge in [0.2, 0.25) is 0 Å². The maximum Gasteiger partial charge on any atom is 0.269 e. The molecule has 124 valence electrons. The van der Waals surface area contributed by atoms with E-state index in [-0.39, 0.29) is 12.5 Å². The number of amides is 1. The molecule has 2 aliphatic rings. The lowest BCUT2D eigenvalue weighted by Crippen LogP contribution is -2.49. The highest BCUT2D eigenvalue weighted by molar-refractivity contribution is 6.39.